The van der Waals surface area contributed by atoms with Gasteiger partial charge in [-0.05, 0) is 7.05 Å². The average molecular weight is 230 g/mol. The predicted octanol–water partition coefficient (Wildman–Crippen LogP) is -0.640. The van der Waals surface area contributed by atoms with Gasteiger partial charge in [0.2, 0.25) is 13.6 Å². The summed E-state index contributed by atoms with van der Waals surface area (Å²) >= 11 is 0. The Kier molecular flexibility index (Phi) is 2.12. The average Bonchev–Trinajstić information content (AvgIpc) is 2.69. The molecule has 7 heteroatoms. The number of ether oxygens (including phenoxy) is 1. The van der Waals surface area contributed by atoms with Crippen molar-refractivity contribution in [2.75, 3.05) is 24.9 Å². The fourth-order valence-electron chi connectivity index (χ4n) is 2.32. The lowest BCUT2D eigenvalue weighted by atomic mass is 9.97. The van der Waals surface area contributed by atoms with E-state index in [4.69, 9.17) is 12.7 Å². The summed E-state index contributed by atoms with van der Waals surface area (Å²) in [5, 5.41) is 0. The lowest BCUT2D eigenvalue weighted by molar-refractivity contribution is -0.133. The number of carbonyl (C=O) groups excluding carboxylic acids is 1. The minimum absolute atomic E-state index is 0.255. The Balaban J connectivity index is 2.05. The van der Waals surface area contributed by atoms with E-state index in [1.165, 1.54) is 12.4 Å². The second-order valence-electron chi connectivity index (χ2n) is 4.44. The summed E-state index contributed by atoms with van der Waals surface area (Å²) in [6, 6.07) is 0. The van der Waals surface area contributed by atoms with Gasteiger partial charge in [0.25, 0.3) is 11.8 Å². The first-order valence-corrected chi connectivity index (χ1v) is 5.40. The number of likely N-dealkylation sites (tertiary alicyclic amines) is 1. The summed E-state index contributed by atoms with van der Waals surface area (Å²) in [6.45, 7) is 1.32. The quantitative estimate of drug-likeness (QED) is 0.555. The van der Waals surface area contributed by atoms with Crippen molar-refractivity contribution in [2.24, 2.45) is 0 Å². The number of hydrogen-bond acceptors (Lipinski definition) is 5. The van der Waals surface area contributed by atoms with Gasteiger partial charge in [-0.2, -0.15) is 0 Å². The minimum Gasteiger partial charge on any atom is -0.457 e. The molecule has 0 bridgehead atoms. The standard InChI is InChI=1S/C10H11BN4O2/c1-14-5-2-10(6-14)9(16)15(11)7-8(17-10)13-4-3-12-7/h3-4H,2,5-6H2,1H3. The summed E-state index contributed by atoms with van der Waals surface area (Å²) in [7, 11) is 7.72. The van der Waals surface area contributed by atoms with Crippen molar-refractivity contribution >= 4 is 19.7 Å². The van der Waals surface area contributed by atoms with Crippen LogP contribution < -0.4 is 9.55 Å². The molecule has 3 heterocycles. The van der Waals surface area contributed by atoms with Crippen LogP contribution in [0.2, 0.25) is 0 Å². The molecule has 86 valence electrons. The van der Waals surface area contributed by atoms with Crippen LogP contribution in [0.5, 0.6) is 5.88 Å². The zero-order valence-corrected chi connectivity index (χ0v) is 9.46. The number of rotatable bonds is 0. The molecule has 1 aromatic rings. The highest BCUT2D eigenvalue weighted by Crippen LogP contribution is 2.37. The molecule has 1 unspecified atom stereocenters. The fourth-order valence-corrected chi connectivity index (χ4v) is 2.32. The van der Waals surface area contributed by atoms with Crippen LogP contribution in [0.4, 0.5) is 5.82 Å². The molecular weight excluding hydrogens is 219 g/mol. The second kappa shape index (κ2) is 3.43. The first kappa shape index (κ1) is 10.5. The van der Waals surface area contributed by atoms with Gasteiger partial charge in [0.1, 0.15) is 0 Å². The summed E-state index contributed by atoms with van der Waals surface area (Å²) < 4.78 is 5.75. The first-order chi connectivity index (χ1) is 8.12. The number of hydrogen-bond donors (Lipinski definition) is 0. The van der Waals surface area contributed by atoms with Crippen LogP contribution in [0.3, 0.4) is 0 Å². The van der Waals surface area contributed by atoms with Crippen molar-refractivity contribution in [3.8, 4) is 5.88 Å². The topological polar surface area (TPSA) is 58.6 Å². The fraction of sp³-hybridized carbons (Fsp3) is 0.500. The lowest BCUT2D eigenvalue weighted by Crippen LogP contribution is -2.57. The lowest BCUT2D eigenvalue weighted by Gasteiger charge is -2.37. The van der Waals surface area contributed by atoms with E-state index in [2.05, 4.69) is 9.97 Å². The smallest absolute Gasteiger partial charge is 0.260 e. The number of aromatic nitrogens is 2. The number of amides is 1. The molecule has 1 saturated heterocycles. The largest absolute Gasteiger partial charge is 0.457 e. The van der Waals surface area contributed by atoms with E-state index in [1.807, 2.05) is 11.9 Å². The van der Waals surface area contributed by atoms with Crippen LogP contribution in [0, 0.1) is 0 Å². The maximum atomic E-state index is 12.2. The third kappa shape index (κ3) is 1.42. The normalized spacial score (nSPS) is 28.3. The maximum Gasteiger partial charge on any atom is 0.260 e. The van der Waals surface area contributed by atoms with Crippen molar-refractivity contribution in [1.82, 2.24) is 14.9 Å². The zero-order valence-electron chi connectivity index (χ0n) is 9.46. The summed E-state index contributed by atoms with van der Waals surface area (Å²) in [4.78, 5) is 23.4. The van der Waals surface area contributed by atoms with E-state index >= 15 is 0 Å². The number of likely N-dealkylation sites (N-methyl/N-ethyl adjacent to an activating group) is 1. The Morgan fingerprint density at radius 3 is 2.94 bits per heavy atom. The molecule has 3 rings (SSSR count). The SMILES string of the molecule is [B]N1C(=O)C2(CCN(C)C2)Oc2nccnc21. The molecule has 1 amide bonds. The van der Waals surface area contributed by atoms with Crippen LogP contribution in [0.15, 0.2) is 12.4 Å². The van der Waals surface area contributed by atoms with Gasteiger partial charge in [-0.3, -0.25) is 4.79 Å². The van der Waals surface area contributed by atoms with Crippen molar-refractivity contribution in [2.45, 2.75) is 12.0 Å². The van der Waals surface area contributed by atoms with Gasteiger partial charge in [0, 0.05) is 31.9 Å². The van der Waals surface area contributed by atoms with Crippen molar-refractivity contribution in [3.05, 3.63) is 12.4 Å². The van der Waals surface area contributed by atoms with E-state index in [0.29, 0.717) is 18.8 Å². The van der Waals surface area contributed by atoms with Gasteiger partial charge in [0.15, 0.2) is 5.82 Å². The molecule has 17 heavy (non-hydrogen) atoms. The van der Waals surface area contributed by atoms with Gasteiger partial charge in [-0.25, -0.2) is 9.97 Å². The maximum absolute atomic E-state index is 12.2. The number of nitrogens with zero attached hydrogens (tertiary/aromatic N) is 4. The summed E-state index contributed by atoms with van der Waals surface area (Å²) in [6.07, 6.45) is 3.62. The van der Waals surface area contributed by atoms with Gasteiger partial charge >= 0.3 is 0 Å². The molecule has 0 N–H and O–H groups in total. The van der Waals surface area contributed by atoms with Crippen LogP contribution in [-0.2, 0) is 4.79 Å². The molecule has 2 aliphatic rings. The predicted molar refractivity (Wildman–Crippen MR) is 60.7 cm³/mol. The molecule has 0 saturated carbocycles. The van der Waals surface area contributed by atoms with Gasteiger partial charge < -0.3 is 14.4 Å². The minimum atomic E-state index is -0.896. The Hall–Kier alpha value is -1.63. The van der Waals surface area contributed by atoms with E-state index < -0.39 is 5.60 Å². The molecular formula is C10H11BN4O2. The van der Waals surface area contributed by atoms with Crippen LogP contribution in [0.1, 0.15) is 6.42 Å². The van der Waals surface area contributed by atoms with Crippen LogP contribution in [0.25, 0.3) is 0 Å². The first-order valence-electron chi connectivity index (χ1n) is 5.40. The molecule has 0 aromatic carbocycles. The third-order valence-electron chi connectivity index (χ3n) is 3.20. The van der Waals surface area contributed by atoms with E-state index in [-0.39, 0.29) is 11.7 Å². The van der Waals surface area contributed by atoms with Crippen molar-refractivity contribution in [3.63, 3.8) is 0 Å². The third-order valence-corrected chi connectivity index (χ3v) is 3.20. The van der Waals surface area contributed by atoms with Crippen LogP contribution in [-0.4, -0.2) is 54.5 Å². The van der Waals surface area contributed by atoms with Gasteiger partial charge in [-0.1, -0.05) is 0 Å². The van der Waals surface area contributed by atoms with E-state index in [1.54, 1.807) is 0 Å². The summed E-state index contributed by atoms with van der Waals surface area (Å²) in [5.41, 5.74) is -0.896. The highest BCUT2D eigenvalue weighted by Gasteiger charge is 2.51. The van der Waals surface area contributed by atoms with Gasteiger partial charge in [-0.15, -0.1) is 0 Å². The monoisotopic (exact) mass is 230 g/mol. The summed E-state index contributed by atoms with van der Waals surface area (Å²) in [5.74, 6) is 0.345. The number of carbonyl (C=O) groups is 1. The molecule has 6 nitrogen and oxygen atoms in total. The van der Waals surface area contributed by atoms with E-state index in [0.717, 1.165) is 11.4 Å². The Bertz CT molecular complexity index is 483. The number of fused-ring (bicyclic) bond motifs is 1. The zero-order chi connectivity index (χ0) is 12.0. The molecule has 1 aromatic heterocycles. The Morgan fingerprint density at radius 2 is 2.24 bits per heavy atom. The van der Waals surface area contributed by atoms with Crippen molar-refractivity contribution < 1.29 is 9.53 Å². The Morgan fingerprint density at radius 1 is 1.47 bits per heavy atom. The van der Waals surface area contributed by atoms with Crippen molar-refractivity contribution in [1.29, 1.82) is 0 Å². The molecule has 0 aliphatic carbocycles. The molecule has 1 spiro atoms. The number of anilines is 1. The second-order valence-corrected chi connectivity index (χ2v) is 4.44. The molecule has 1 fully saturated rings. The highest BCUT2D eigenvalue weighted by atomic mass is 16.5. The highest BCUT2D eigenvalue weighted by molar-refractivity contribution is 6.33. The molecule has 2 radical (unpaired) electrons. The molecule has 2 aliphatic heterocycles. The molecule has 1 atom stereocenters. The van der Waals surface area contributed by atoms with Gasteiger partial charge in [0.05, 0.1) is 0 Å². The van der Waals surface area contributed by atoms with Crippen LogP contribution >= 0.6 is 0 Å². The Labute approximate surface area is 100 Å². The van der Waals surface area contributed by atoms with E-state index in [9.17, 15) is 4.79 Å².